The van der Waals surface area contributed by atoms with E-state index in [2.05, 4.69) is 0 Å². The highest BCUT2D eigenvalue weighted by Gasteiger charge is 2.49. The summed E-state index contributed by atoms with van der Waals surface area (Å²) in [6.07, 6.45) is 2.27. The molecule has 3 saturated carbocycles. The molecule has 20 heavy (non-hydrogen) atoms. The van der Waals surface area contributed by atoms with Crippen molar-refractivity contribution in [3.63, 3.8) is 0 Å². The molecule has 0 heterocycles. The lowest BCUT2D eigenvalue weighted by Crippen LogP contribution is -2.46. The van der Waals surface area contributed by atoms with Crippen molar-refractivity contribution in [2.24, 2.45) is 17.8 Å². The molecule has 3 fully saturated rings. The van der Waals surface area contributed by atoms with Crippen LogP contribution in [0.1, 0.15) is 30.7 Å². The first-order chi connectivity index (χ1) is 9.46. The predicted octanol–water partition coefficient (Wildman–Crippen LogP) is 2.27. The van der Waals surface area contributed by atoms with Gasteiger partial charge in [0.2, 0.25) is 0 Å². The van der Waals surface area contributed by atoms with Gasteiger partial charge in [-0.3, -0.25) is 9.35 Å². The Labute approximate surface area is 118 Å². The van der Waals surface area contributed by atoms with E-state index < -0.39 is 10.1 Å². The van der Waals surface area contributed by atoms with Gasteiger partial charge in [0.05, 0.1) is 5.75 Å². The van der Waals surface area contributed by atoms with Gasteiger partial charge >= 0.3 is 0 Å². The van der Waals surface area contributed by atoms with E-state index in [1.807, 2.05) is 30.3 Å². The maximum atomic E-state index is 12.1. The molecule has 0 spiro atoms. The third-order valence-electron chi connectivity index (χ3n) is 4.80. The predicted molar refractivity (Wildman–Crippen MR) is 74.9 cm³/mol. The largest absolute Gasteiger partial charge is 0.299 e. The normalized spacial score (nSPS) is 33.4. The van der Waals surface area contributed by atoms with Crippen LogP contribution in [0.5, 0.6) is 0 Å². The highest BCUT2D eigenvalue weighted by molar-refractivity contribution is 7.85. The number of ketones is 1. The lowest BCUT2D eigenvalue weighted by Gasteiger charge is -2.47. The van der Waals surface area contributed by atoms with Gasteiger partial charge in [-0.2, -0.15) is 8.42 Å². The summed E-state index contributed by atoms with van der Waals surface area (Å²) in [6, 6.07) is 9.78. The van der Waals surface area contributed by atoms with Gasteiger partial charge in [0.25, 0.3) is 10.1 Å². The first kappa shape index (κ1) is 13.8. The second kappa shape index (κ2) is 4.97. The standard InChI is InChI=1S/C15H18O4S/c16-14-8-11-6-7-12(14)13(9-20(17,18)19)15(11)10-4-2-1-3-5-10/h1-5,11-13,15H,6-9H2,(H,17,18,19)/t11-,12?,13-,15+/m0/s1. The molecule has 4 rings (SSSR count). The van der Waals surface area contributed by atoms with Crippen LogP contribution in [0.4, 0.5) is 0 Å². The molecule has 4 nitrogen and oxygen atoms in total. The fraction of sp³-hybridized carbons (Fsp3) is 0.533. The van der Waals surface area contributed by atoms with Gasteiger partial charge in [-0.05, 0) is 36.2 Å². The number of hydrogen-bond donors (Lipinski definition) is 1. The van der Waals surface area contributed by atoms with Crippen LogP contribution in [0.15, 0.2) is 30.3 Å². The lowest BCUT2D eigenvalue weighted by molar-refractivity contribution is -0.133. The van der Waals surface area contributed by atoms with Gasteiger partial charge in [-0.15, -0.1) is 0 Å². The van der Waals surface area contributed by atoms with Crippen molar-refractivity contribution in [3.8, 4) is 0 Å². The number of carbonyl (C=O) groups is 1. The SMILES string of the molecule is O=C1C[C@@H]2CCC1[C@H](CS(=O)(=O)O)[C@@H]2c1ccccc1. The Hall–Kier alpha value is -1.20. The Morgan fingerprint density at radius 1 is 1.15 bits per heavy atom. The molecule has 1 N–H and O–H groups in total. The van der Waals surface area contributed by atoms with Crippen LogP contribution in [-0.2, 0) is 14.9 Å². The van der Waals surface area contributed by atoms with Crippen molar-refractivity contribution in [2.45, 2.75) is 25.2 Å². The zero-order valence-corrected chi connectivity index (χ0v) is 11.9. The summed E-state index contributed by atoms with van der Waals surface area (Å²) in [5.74, 6) is -0.364. The molecule has 0 amide bonds. The summed E-state index contributed by atoms with van der Waals surface area (Å²) in [7, 11) is -4.06. The molecule has 0 aliphatic heterocycles. The van der Waals surface area contributed by atoms with Crippen molar-refractivity contribution in [1.82, 2.24) is 0 Å². The van der Waals surface area contributed by atoms with Crippen molar-refractivity contribution in [2.75, 3.05) is 5.75 Å². The fourth-order valence-electron chi connectivity index (χ4n) is 4.08. The Bertz CT molecular complexity index is 608. The molecule has 1 aromatic carbocycles. The molecule has 3 aliphatic rings. The van der Waals surface area contributed by atoms with E-state index in [1.54, 1.807) is 0 Å². The molecule has 2 bridgehead atoms. The molecule has 0 saturated heterocycles. The van der Waals surface area contributed by atoms with Gasteiger partial charge in [0.1, 0.15) is 5.78 Å². The minimum atomic E-state index is -4.06. The number of fused-ring (bicyclic) bond motifs is 3. The number of rotatable bonds is 3. The third-order valence-corrected chi connectivity index (χ3v) is 5.61. The van der Waals surface area contributed by atoms with Crippen LogP contribution >= 0.6 is 0 Å². The van der Waals surface area contributed by atoms with Crippen molar-refractivity contribution < 1.29 is 17.8 Å². The van der Waals surface area contributed by atoms with Crippen LogP contribution < -0.4 is 0 Å². The van der Waals surface area contributed by atoms with E-state index >= 15 is 0 Å². The molecule has 1 unspecified atom stereocenters. The second-order valence-corrected chi connectivity index (χ2v) is 7.46. The van der Waals surface area contributed by atoms with E-state index in [4.69, 9.17) is 0 Å². The number of carbonyl (C=O) groups excluding carboxylic acids is 1. The zero-order chi connectivity index (χ0) is 14.3. The molecular formula is C15H18O4S. The van der Waals surface area contributed by atoms with E-state index in [9.17, 15) is 17.8 Å². The van der Waals surface area contributed by atoms with Crippen molar-refractivity contribution in [3.05, 3.63) is 35.9 Å². The fourth-order valence-corrected chi connectivity index (χ4v) is 5.01. The van der Waals surface area contributed by atoms with Gasteiger partial charge in [0.15, 0.2) is 0 Å². The number of hydrogen-bond acceptors (Lipinski definition) is 3. The molecule has 5 heteroatoms. The zero-order valence-electron chi connectivity index (χ0n) is 11.1. The monoisotopic (exact) mass is 294 g/mol. The Balaban J connectivity index is 1.99. The Morgan fingerprint density at radius 3 is 2.45 bits per heavy atom. The Kier molecular flexibility index (Phi) is 3.42. The van der Waals surface area contributed by atoms with Gasteiger partial charge in [-0.25, -0.2) is 0 Å². The maximum Gasteiger partial charge on any atom is 0.265 e. The van der Waals surface area contributed by atoms with Gasteiger partial charge in [0, 0.05) is 12.3 Å². The number of Topliss-reactive ketones (excluding diaryl/α,β-unsaturated/α-hetero) is 1. The summed E-state index contributed by atoms with van der Waals surface area (Å²) < 4.78 is 31.8. The third kappa shape index (κ3) is 2.52. The summed E-state index contributed by atoms with van der Waals surface area (Å²) in [6.45, 7) is 0. The Morgan fingerprint density at radius 2 is 1.85 bits per heavy atom. The van der Waals surface area contributed by atoms with E-state index in [-0.39, 0.29) is 35.2 Å². The minimum absolute atomic E-state index is 0.0644. The van der Waals surface area contributed by atoms with Crippen molar-refractivity contribution >= 4 is 15.9 Å². The number of benzene rings is 1. The lowest BCUT2D eigenvalue weighted by atomic mass is 9.57. The van der Waals surface area contributed by atoms with E-state index in [1.165, 1.54) is 0 Å². The van der Waals surface area contributed by atoms with Crippen LogP contribution in [0, 0.1) is 17.8 Å². The molecular weight excluding hydrogens is 276 g/mol. The maximum absolute atomic E-state index is 12.1. The summed E-state index contributed by atoms with van der Waals surface area (Å²) in [5.41, 5.74) is 1.09. The van der Waals surface area contributed by atoms with Crippen LogP contribution in [0.2, 0.25) is 0 Å². The molecule has 4 atom stereocenters. The van der Waals surface area contributed by atoms with Crippen LogP contribution in [0.25, 0.3) is 0 Å². The highest BCUT2D eigenvalue weighted by Crippen LogP contribution is 2.52. The van der Waals surface area contributed by atoms with Gasteiger partial charge < -0.3 is 0 Å². The average molecular weight is 294 g/mol. The van der Waals surface area contributed by atoms with E-state index in [0.29, 0.717) is 6.42 Å². The molecule has 0 radical (unpaired) electrons. The average Bonchev–Trinajstić information content (AvgIpc) is 2.38. The highest BCUT2D eigenvalue weighted by atomic mass is 32.2. The first-order valence-electron chi connectivity index (χ1n) is 6.98. The molecule has 1 aromatic rings. The molecule has 0 aromatic heterocycles. The summed E-state index contributed by atoms with van der Waals surface area (Å²) in [4.78, 5) is 12.1. The second-order valence-electron chi connectivity index (χ2n) is 5.96. The first-order valence-corrected chi connectivity index (χ1v) is 8.59. The summed E-state index contributed by atoms with van der Waals surface area (Å²) in [5, 5.41) is 0. The van der Waals surface area contributed by atoms with Crippen LogP contribution in [-0.4, -0.2) is 24.5 Å². The summed E-state index contributed by atoms with van der Waals surface area (Å²) >= 11 is 0. The quantitative estimate of drug-likeness (QED) is 0.868. The van der Waals surface area contributed by atoms with Crippen molar-refractivity contribution in [1.29, 1.82) is 0 Å². The topological polar surface area (TPSA) is 71.4 Å². The minimum Gasteiger partial charge on any atom is -0.299 e. The molecule has 3 aliphatic carbocycles. The smallest absolute Gasteiger partial charge is 0.265 e. The van der Waals surface area contributed by atoms with Gasteiger partial charge in [-0.1, -0.05) is 30.3 Å². The van der Waals surface area contributed by atoms with E-state index in [0.717, 1.165) is 18.4 Å². The molecule has 108 valence electrons. The van der Waals surface area contributed by atoms with Crippen LogP contribution in [0.3, 0.4) is 0 Å².